The number of rotatable bonds is 4. The number of hydrogen-bond donors (Lipinski definition) is 1. The van der Waals surface area contributed by atoms with Crippen LogP contribution in [-0.2, 0) is 0 Å². The minimum atomic E-state index is 0.458. The molecule has 2 N–H and O–H groups in total. The van der Waals surface area contributed by atoms with E-state index in [1.807, 2.05) is 6.21 Å². The van der Waals surface area contributed by atoms with Crippen LogP contribution in [0.2, 0.25) is 0 Å². The normalized spacial score (nSPS) is 13.3. The largest absolute Gasteiger partial charge is 0.404 e. The first kappa shape index (κ1) is 10.9. The summed E-state index contributed by atoms with van der Waals surface area (Å²) in [6, 6.07) is 0.458. The molecule has 0 aromatic rings. The number of allylic oxidation sites excluding steroid dienone is 1. The summed E-state index contributed by atoms with van der Waals surface area (Å²) < 4.78 is 0.995. The zero-order valence-corrected chi connectivity index (χ0v) is 9.21. The fourth-order valence-corrected chi connectivity index (χ4v) is 0.880. The molecule has 0 aliphatic carbocycles. The van der Waals surface area contributed by atoms with Crippen molar-refractivity contribution in [2.24, 2.45) is 10.7 Å². The summed E-state index contributed by atoms with van der Waals surface area (Å²) in [5, 5.41) is 0. The van der Waals surface area contributed by atoms with Gasteiger partial charge in [0, 0.05) is 22.0 Å². The predicted molar refractivity (Wildman–Crippen MR) is 59.2 cm³/mol. The minimum Gasteiger partial charge on any atom is -0.404 e. The Labute approximate surface area is 82.1 Å². The van der Waals surface area contributed by atoms with Gasteiger partial charge in [-0.25, -0.2) is 0 Å². The Balaban J connectivity index is 3.88. The van der Waals surface area contributed by atoms with Crippen LogP contribution in [0.5, 0.6) is 0 Å². The molecule has 3 heteroatoms. The first-order valence-electron chi connectivity index (χ1n) is 3.85. The lowest BCUT2D eigenvalue weighted by Gasteiger charge is -2.03. The van der Waals surface area contributed by atoms with Crippen molar-refractivity contribution in [1.82, 2.24) is 0 Å². The van der Waals surface area contributed by atoms with Crippen LogP contribution in [0.15, 0.2) is 14.8 Å². The second kappa shape index (κ2) is 6.64. The maximum atomic E-state index is 5.28. The van der Waals surface area contributed by atoms with Gasteiger partial charge >= 0.3 is 0 Å². The lowest BCUT2D eigenvalue weighted by atomic mass is 10.2. The van der Waals surface area contributed by atoms with Gasteiger partial charge in [-0.05, 0) is 35.4 Å². The topological polar surface area (TPSA) is 38.4 Å². The van der Waals surface area contributed by atoms with E-state index in [-0.39, 0.29) is 0 Å². The van der Waals surface area contributed by atoms with E-state index in [9.17, 15) is 0 Å². The highest BCUT2D eigenvalue weighted by Crippen LogP contribution is 2.04. The first-order chi connectivity index (χ1) is 5.24. The predicted octanol–water partition coefficient (Wildman–Crippen LogP) is 2.48. The molecular formula is C8H15IN2. The molecule has 0 spiro atoms. The van der Waals surface area contributed by atoms with Crippen molar-refractivity contribution < 1.29 is 0 Å². The third kappa shape index (κ3) is 5.24. The van der Waals surface area contributed by atoms with Crippen molar-refractivity contribution in [2.75, 3.05) is 0 Å². The molecule has 0 heterocycles. The van der Waals surface area contributed by atoms with Gasteiger partial charge in [0.05, 0.1) is 0 Å². The van der Waals surface area contributed by atoms with Gasteiger partial charge in [-0.3, -0.25) is 4.99 Å². The SMILES string of the molecule is CCC(CC)N=CC(I)=CN. The molecule has 0 atom stereocenters. The molecule has 0 rings (SSSR count). The molecule has 0 radical (unpaired) electrons. The van der Waals surface area contributed by atoms with Crippen LogP contribution in [0.4, 0.5) is 0 Å². The van der Waals surface area contributed by atoms with E-state index in [4.69, 9.17) is 5.73 Å². The van der Waals surface area contributed by atoms with Gasteiger partial charge in [0.15, 0.2) is 0 Å². The molecule has 0 saturated carbocycles. The van der Waals surface area contributed by atoms with Gasteiger partial charge in [0.2, 0.25) is 0 Å². The maximum absolute atomic E-state index is 5.28. The number of nitrogens with two attached hydrogens (primary N) is 1. The molecule has 0 saturated heterocycles. The number of hydrogen-bond acceptors (Lipinski definition) is 2. The smallest absolute Gasteiger partial charge is 0.0494 e. The molecule has 0 aromatic carbocycles. The van der Waals surface area contributed by atoms with E-state index in [1.54, 1.807) is 6.20 Å². The Bertz CT molecular complexity index is 148. The van der Waals surface area contributed by atoms with Gasteiger partial charge < -0.3 is 5.73 Å². The highest BCUT2D eigenvalue weighted by Gasteiger charge is 1.96. The monoisotopic (exact) mass is 266 g/mol. The minimum absolute atomic E-state index is 0.458. The molecule has 64 valence electrons. The van der Waals surface area contributed by atoms with Gasteiger partial charge in [0.25, 0.3) is 0 Å². The molecule has 0 amide bonds. The van der Waals surface area contributed by atoms with Gasteiger partial charge in [-0.15, -0.1) is 0 Å². The average molecular weight is 266 g/mol. The number of halogens is 1. The van der Waals surface area contributed by atoms with Crippen LogP contribution in [0, 0.1) is 0 Å². The standard InChI is InChI=1S/C8H15IN2/c1-3-8(4-2)11-6-7(9)5-10/h5-6,8H,3-4,10H2,1-2H3. The van der Waals surface area contributed by atoms with Gasteiger partial charge in [0.1, 0.15) is 0 Å². The summed E-state index contributed by atoms with van der Waals surface area (Å²) >= 11 is 2.16. The van der Waals surface area contributed by atoms with Crippen molar-refractivity contribution in [3.63, 3.8) is 0 Å². The number of aliphatic imine (C=N–C) groups is 1. The fraction of sp³-hybridized carbons (Fsp3) is 0.625. The Kier molecular flexibility index (Phi) is 6.60. The Hall–Kier alpha value is -0.0600. The lowest BCUT2D eigenvalue weighted by Crippen LogP contribution is -2.00. The summed E-state index contributed by atoms with van der Waals surface area (Å²) in [5.41, 5.74) is 5.28. The molecule has 0 fully saturated rings. The molecule has 0 bridgehead atoms. The van der Waals surface area contributed by atoms with Crippen LogP contribution in [0.1, 0.15) is 26.7 Å². The maximum Gasteiger partial charge on any atom is 0.0494 e. The highest BCUT2D eigenvalue weighted by atomic mass is 127. The second-order valence-electron chi connectivity index (χ2n) is 2.30. The van der Waals surface area contributed by atoms with E-state index in [1.165, 1.54) is 0 Å². The van der Waals surface area contributed by atoms with E-state index >= 15 is 0 Å². The van der Waals surface area contributed by atoms with Gasteiger partial charge in [-0.2, -0.15) is 0 Å². The first-order valence-corrected chi connectivity index (χ1v) is 4.93. The third-order valence-electron chi connectivity index (χ3n) is 1.51. The van der Waals surface area contributed by atoms with Crippen molar-refractivity contribution in [3.8, 4) is 0 Å². The van der Waals surface area contributed by atoms with Crippen LogP contribution < -0.4 is 5.73 Å². The molecular weight excluding hydrogens is 251 g/mol. The summed E-state index contributed by atoms with van der Waals surface area (Å²) in [7, 11) is 0. The zero-order chi connectivity index (χ0) is 8.69. The van der Waals surface area contributed by atoms with Crippen LogP contribution in [0.25, 0.3) is 0 Å². The molecule has 0 aliphatic rings. The fourth-order valence-electron chi connectivity index (χ4n) is 0.719. The van der Waals surface area contributed by atoms with Crippen molar-refractivity contribution in [1.29, 1.82) is 0 Å². The van der Waals surface area contributed by atoms with E-state index in [2.05, 4.69) is 41.4 Å². The van der Waals surface area contributed by atoms with E-state index in [0.717, 1.165) is 16.4 Å². The molecule has 11 heavy (non-hydrogen) atoms. The second-order valence-corrected chi connectivity index (χ2v) is 3.55. The van der Waals surface area contributed by atoms with Crippen LogP contribution in [0.3, 0.4) is 0 Å². The van der Waals surface area contributed by atoms with E-state index < -0.39 is 0 Å². The van der Waals surface area contributed by atoms with Crippen molar-refractivity contribution >= 4 is 28.8 Å². The average Bonchev–Trinajstić information content (AvgIpc) is 2.06. The van der Waals surface area contributed by atoms with Crippen LogP contribution in [-0.4, -0.2) is 12.3 Å². The van der Waals surface area contributed by atoms with E-state index in [0.29, 0.717) is 6.04 Å². The van der Waals surface area contributed by atoms with Crippen molar-refractivity contribution in [3.05, 3.63) is 9.78 Å². The molecule has 0 unspecified atom stereocenters. The lowest BCUT2D eigenvalue weighted by molar-refractivity contribution is 0.634. The molecule has 0 aliphatic heterocycles. The third-order valence-corrected chi connectivity index (χ3v) is 2.15. The molecule has 2 nitrogen and oxygen atoms in total. The number of nitrogens with zero attached hydrogens (tertiary/aromatic N) is 1. The quantitative estimate of drug-likeness (QED) is 0.616. The summed E-state index contributed by atoms with van der Waals surface area (Å²) in [6.07, 6.45) is 5.59. The zero-order valence-electron chi connectivity index (χ0n) is 7.05. The van der Waals surface area contributed by atoms with Crippen LogP contribution >= 0.6 is 22.6 Å². The Morgan fingerprint density at radius 2 is 2.09 bits per heavy atom. The van der Waals surface area contributed by atoms with Crippen molar-refractivity contribution in [2.45, 2.75) is 32.7 Å². The Morgan fingerprint density at radius 1 is 1.55 bits per heavy atom. The summed E-state index contributed by atoms with van der Waals surface area (Å²) in [6.45, 7) is 4.29. The summed E-state index contributed by atoms with van der Waals surface area (Å²) in [4.78, 5) is 4.35. The highest BCUT2D eigenvalue weighted by molar-refractivity contribution is 14.1. The molecule has 0 aromatic heterocycles. The Morgan fingerprint density at radius 3 is 2.45 bits per heavy atom. The van der Waals surface area contributed by atoms with Gasteiger partial charge in [-0.1, -0.05) is 13.8 Å². The summed E-state index contributed by atoms with van der Waals surface area (Å²) in [5.74, 6) is 0.